The molecule has 3 aromatic heterocycles. The van der Waals surface area contributed by atoms with Crippen LogP contribution in [-0.4, -0.2) is 139 Å². The number of rotatable bonds is 12. The molecule has 8 atom stereocenters. The molecule has 4 saturated heterocycles. The molecule has 1 spiro atoms. The molecule has 420 valence electrons. The first-order valence-electron chi connectivity index (χ1n) is 29.1. The quantitative estimate of drug-likeness (QED) is 0.0697. The van der Waals surface area contributed by atoms with Gasteiger partial charge in [-0.15, -0.1) is 15.6 Å². The van der Waals surface area contributed by atoms with Gasteiger partial charge in [0.05, 0.1) is 58.2 Å². The van der Waals surface area contributed by atoms with Crippen molar-refractivity contribution in [1.29, 1.82) is 0 Å². The van der Waals surface area contributed by atoms with E-state index in [0.29, 0.717) is 57.9 Å². The topological polar surface area (TPSA) is 177 Å². The SMILES string of the molecule is CCn1c(-c2cccnc2[C@H](C)OC)c2c3cc(ccc31)-c1csc(n1)C[C@H](NC(=O)[C@H](C1CCCC1)N1CCCC3(CN(C(=O)[C@H]4[C@@H](C5CC5)N4[S+]([O-])c4ccc(C)cc4)C3)C1)C(=O)N1CCC[C@H](N1)C(=O)OCC(C)(C)C2. The average molecular weight is 1110 g/mol. The second-order valence-corrected chi connectivity index (χ2v) is 27.1. The van der Waals surface area contributed by atoms with E-state index in [-0.39, 0.29) is 60.3 Å². The number of carbonyl (C=O) groups excluding carboxylic acids is 4. The Labute approximate surface area is 471 Å². The summed E-state index contributed by atoms with van der Waals surface area (Å²) < 4.78 is 30.2. The molecular weight excluding hydrogens is 1030 g/mol. The first kappa shape index (κ1) is 54.4. The smallest absolute Gasteiger partial charge is 0.324 e. The lowest BCUT2D eigenvalue weighted by molar-refractivity contribution is -0.155. The Balaban J connectivity index is 0.820. The third-order valence-electron chi connectivity index (χ3n) is 18.3. The minimum Gasteiger partial charge on any atom is -0.593 e. The third-order valence-corrected chi connectivity index (χ3v) is 20.7. The van der Waals surface area contributed by atoms with Gasteiger partial charge in [0.2, 0.25) is 11.8 Å². The number of ether oxygens (including phenoxy) is 2. The summed E-state index contributed by atoms with van der Waals surface area (Å²) in [7, 11) is 1.70. The van der Waals surface area contributed by atoms with Gasteiger partial charge in [0.25, 0.3) is 5.91 Å². The number of methoxy groups -OCH3 is 1. The highest BCUT2D eigenvalue weighted by molar-refractivity contribution is 7.89. The number of hydrogen-bond donors (Lipinski definition) is 2. The van der Waals surface area contributed by atoms with E-state index in [1.807, 2.05) is 65.0 Å². The predicted octanol–water partition coefficient (Wildman–Crippen LogP) is 8.18. The number of aromatic nitrogens is 3. The van der Waals surface area contributed by atoms with E-state index in [0.717, 1.165) is 118 Å². The van der Waals surface area contributed by atoms with Crippen molar-refractivity contribution in [1.82, 2.24) is 44.4 Å². The van der Waals surface area contributed by atoms with E-state index in [2.05, 4.69) is 65.2 Å². The Hall–Kier alpha value is -5.21. The highest BCUT2D eigenvalue weighted by Crippen LogP contribution is 2.52. The van der Waals surface area contributed by atoms with Crippen molar-refractivity contribution in [3.63, 3.8) is 0 Å². The van der Waals surface area contributed by atoms with Crippen LogP contribution >= 0.6 is 11.3 Å². The fraction of sp³-hybridized carbons (Fsp3) is 0.574. The van der Waals surface area contributed by atoms with Crippen LogP contribution < -0.4 is 10.7 Å². The van der Waals surface area contributed by atoms with Gasteiger partial charge in [-0.25, -0.2) is 10.4 Å². The van der Waals surface area contributed by atoms with E-state index < -0.39 is 40.9 Å². The molecule has 18 heteroatoms. The molecule has 2 aromatic carbocycles. The van der Waals surface area contributed by atoms with Crippen molar-refractivity contribution < 1.29 is 33.2 Å². The van der Waals surface area contributed by atoms with Gasteiger partial charge < -0.3 is 28.8 Å². The highest BCUT2D eigenvalue weighted by atomic mass is 32.2. The Morgan fingerprint density at radius 3 is 2.53 bits per heavy atom. The zero-order valence-corrected chi connectivity index (χ0v) is 48.3. The van der Waals surface area contributed by atoms with E-state index >= 15 is 9.59 Å². The molecule has 8 heterocycles. The second kappa shape index (κ2) is 21.9. The Bertz CT molecular complexity index is 3110. The summed E-state index contributed by atoms with van der Waals surface area (Å²) in [6, 6.07) is 15.9. The number of hydrogen-bond acceptors (Lipinski definition) is 13. The van der Waals surface area contributed by atoms with Crippen LogP contribution in [0.5, 0.6) is 0 Å². The van der Waals surface area contributed by atoms with Crippen molar-refractivity contribution in [2.45, 2.75) is 159 Å². The van der Waals surface area contributed by atoms with Crippen molar-refractivity contribution in [2.24, 2.45) is 22.7 Å². The maximum Gasteiger partial charge on any atom is 0.324 e. The van der Waals surface area contributed by atoms with E-state index in [9.17, 15) is 14.1 Å². The number of nitrogens with zero attached hydrogens (tertiary/aromatic N) is 7. The van der Waals surface area contributed by atoms with Gasteiger partial charge in [-0.3, -0.25) is 34.1 Å². The number of nitrogens with one attached hydrogen (secondary N) is 2. The first-order valence-corrected chi connectivity index (χ1v) is 31.0. The number of cyclic esters (lactones) is 1. The summed E-state index contributed by atoms with van der Waals surface area (Å²) in [6.45, 7) is 14.4. The number of aryl methyl sites for hydroxylation is 2. The summed E-state index contributed by atoms with van der Waals surface area (Å²) in [4.78, 5) is 74.0. The van der Waals surface area contributed by atoms with Gasteiger partial charge in [0.1, 0.15) is 12.1 Å². The molecular formula is C61H77N9O7S2. The second-order valence-electron chi connectivity index (χ2n) is 24.7. The van der Waals surface area contributed by atoms with Gasteiger partial charge in [-0.1, -0.05) is 50.5 Å². The number of pyridine rings is 1. The maximum absolute atomic E-state index is 15.3. The fourth-order valence-corrected chi connectivity index (χ4v) is 16.3. The van der Waals surface area contributed by atoms with Crippen LogP contribution in [-0.2, 0) is 59.4 Å². The lowest BCUT2D eigenvalue weighted by Crippen LogP contribution is -2.68. The zero-order chi connectivity index (χ0) is 54.9. The number of benzene rings is 2. The molecule has 5 aliphatic heterocycles. The average Bonchev–Trinajstić information content (AvgIpc) is 3.64. The first-order chi connectivity index (χ1) is 38.1. The molecule has 2 saturated carbocycles. The van der Waals surface area contributed by atoms with Gasteiger partial charge >= 0.3 is 5.97 Å². The lowest BCUT2D eigenvalue weighted by atomic mass is 9.72. The van der Waals surface area contributed by atoms with Gasteiger partial charge in [0, 0.05) is 90.7 Å². The Kier molecular flexibility index (Phi) is 15.1. The maximum atomic E-state index is 15.3. The number of amides is 3. The summed E-state index contributed by atoms with van der Waals surface area (Å²) >= 11 is 0.0875. The van der Waals surface area contributed by atoms with Crippen LogP contribution in [0.3, 0.4) is 0 Å². The fourth-order valence-electron chi connectivity index (χ4n) is 14.0. The standard InChI is InChI=1S/C61H77N9O7S2/c1-7-68-49-24-21-41-29-44(49)45(54(68)43-15-10-26-62-51(43)38(3)76-6)31-60(4,5)36-77-59(74)46-16-11-28-69(65-46)57(72)47(30-50-63-48(41)32-78-50)64-56(71)53(39-13-8-9-14-39)66-27-12-25-61(33-66)34-67(35-61)58(73)55-52(40-19-20-40)70(55)79(75)42-22-17-37(2)18-23-42/h10,15,17-18,21-24,26,29,32,38-40,46-47,52-53,55,65H,7-9,11-14,16,19-20,25,27-28,30-31,33-36H2,1-6H3,(H,64,71)/t38-,46-,47-,52+,53-,55+,70?,79?/m0/s1. The van der Waals surface area contributed by atoms with Gasteiger partial charge in [0.15, 0.2) is 10.9 Å². The van der Waals surface area contributed by atoms with Crippen LogP contribution in [0.2, 0.25) is 0 Å². The van der Waals surface area contributed by atoms with Crippen LogP contribution in [0.15, 0.2) is 71.1 Å². The van der Waals surface area contributed by atoms with Crippen molar-refractivity contribution in [3.05, 3.63) is 88.0 Å². The number of carbonyl (C=O) groups is 4. The van der Waals surface area contributed by atoms with Crippen LogP contribution in [0.1, 0.15) is 120 Å². The summed E-state index contributed by atoms with van der Waals surface area (Å²) in [6.07, 6.45) is 11.4. The number of thiazole rings is 1. The van der Waals surface area contributed by atoms with E-state index in [1.165, 1.54) is 16.3 Å². The summed E-state index contributed by atoms with van der Waals surface area (Å²) in [5.41, 5.74) is 10.6. The molecule has 6 fully saturated rings. The Morgan fingerprint density at radius 2 is 1.78 bits per heavy atom. The molecule has 7 aliphatic rings. The molecule has 6 bridgehead atoms. The highest BCUT2D eigenvalue weighted by Gasteiger charge is 2.68. The molecule has 2 unspecified atom stereocenters. The number of fused-ring (bicyclic) bond motifs is 6. The molecule has 3 amide bonds. The molecule has 5 aromatic rings. The van der Waals surface area contributed by atoms with E-state index in [1.54, 1.807) is 7.11 Å². The van der Waals surface area contributed by atoms with Crippen molar-refractivity contribution in [3.8, 4) is 22.5 Å². The van der Waals surface area contributed by atoms with Crippen LogP contribution in [0, 0.1) is 29.6 Å². The largest absolute Gasteiger partial charge is 0.593 e. The number of piperidine rings is 1. The minimum atomic E-state index is -1.40. The summed E-state index contributed by atoms with van der Waals surface area (Å²) in [5, 5.41) is 8.72. The van der Waals surface area contributed by atoms with Gasteiger partial charge in [-0.05, 0) is 139 Å². The lowest BCUT2D eigenvalue weighted by Gasteiger charge is -2.56. The molecule has 2 N–H and O–H groups in total. The van der Waals surface area contributed by atoms with Crippen LogP contribution in [0.4, 0.5) is 0 Å². The molecule has 12 rings (SSSR count). The molecule has 2 aliphatic carbocycles. The van der Waals surface area contributed by atoms with Crippen molar-refractivity contribution in [2.75, 3.05) is 46.4 Å². The summed E-state index contributed by atoms with van der Waals surface area (Å²) in [5.74, 6) is -0.269. The Morgan fingerprint density at radius 1 is 1.00 bits per heavy atom. The van der Waals surface area contributed by atoms with Gasteiger partial charge in [-0.2, -0.15) is 0 Å². The van der Waals surface area contributed by atoms with Crippen LogP contribution in [0.25, 0.3) is 33.4 Å². The van der Waals surface area contributed by atoms with Crippen molar-refractivity contribution >= 4 is 57.3 Å². The number of esters is 1. The molecule has 79 heavy (non-hydrogen) atoms. The molecule has 16 nitrogen and oxygen atoms in total. The number of hydrazine groups is 1. The normalized spacial score (nSPS) is 26.5. The third kappa shape index (κ3) is 10.7. The number of likely N-dealkylation sites (tertiary alicyclic amines) is 2. The minimum absolute atomic E-state index is 0.0153. The predicted molar refractivity (Wildman–Crippen MR) is 305 cm³/mol. The zero-order valence-electron chi connectivity index (χ0n) is 46.7. The van der Waals surface area contributed by atoms with E-state index in [4.69, 9.17) is 19.4 Å². The molecule has 0 radical (unpaired) electrons. The monoisotopic (exact) mass is 1110 g/mol.